The van der Waals surface area contributed by atoms with Crippen LogP contribution >= 0.6 is 0 Å². The summed E-state index contributed by atoms with van der Waals surface area (Å²) in [6, 6.07) is 4.30. The third-order valence-electron chi connectivity index (χ3n) is 4.25. The molecular weight excluding hydrogens is 278 g/mol. The molecule has 0 aromatic carbocycles. The van der Waals surface area contributed by atoms with E-state index in [4.69, 9.17) is 0 Å². The molecule has 0 aliphatic heterocycles. The highest BCUT2D eigenvalue weighted by atomic mass is 16.1. The molecule has 2 aromatic heterocycles. The first-order valence-corrected chi connectivity index (χ1v) is 7.98. The highest BCUT2D eigenvalue weighted by Gasteiger charge is 2.19. The van der Waals surface area contributed by atoms with Gasteiger partial charge in [-0.05, 0) is 38.8 Å². The Morgan fingerprint density at radius 2 is 2.09 bits per heavy atom. The molecule has 3 rings (SSSR count). The van der Waals surface area contributed by atoms with Gasteiger partial charge in [-0.25, -0.2) is 0 Å². The van der Waals surface area contributed by atoms with Gasteiger partial charge in [0.25, 0.3) is 5.91 Å². The summed E-state index contributed by atoms with van der Waals surface area (Å²) in [5, 5.41) is 11.7. The number of aromatic nitrogens is 4. The third kappa shape index (κ3) is 3.21. The van der Waals surface area contributed by atoms with E-state index in [0.717, 1.165) is 11.4 Å². The van der Waals surface area contributed by atoms with Crippen molar-refractivity contribution in [1.29, 1.82) is 0 Å². The van der Waals surface area contributed by atoms with Crippen molar-refractivity contribution in [2.24, 2.45) is 0 Å². The van der Waals surface area contributed by atoms with Gasteiger partial charge in [0.05, 0.1) is 18.3 Å². The predicted octanol–water partition coefficient (Wildman–Crippen LogP) is 2.24. The van der Waals surface area contributed by atoms with Crippen LogP contribution in [0.3, 0.4) is 0 Å². The molecule has 1 fully saturated rings. The first-order chi connectivity index (χ1) is 10.6. The Kier molecular flexibility index (Phi) is 4.27. The van der Waals surface area contributed by atoms with Gasteiger partial charge in [-0.15, -0.1) is 0 Å². The van der Waals surface area contributed by atoms with Gasteiger partial charge >= 0.3 is 0 Å². The first-order valence-electron chi connectivity index (χ1n) is 7.98. The van der Waals surface area contributed by atoms with Crippen LogP contribution in [0.4, 0.5) is 0 Å². The zero-order valence-electron chi connectivity index (χ0n) is 13.2. The van der Waals surface area contributed by atoms with Gasteiger partial charge in [-0.3, -0.25) is 14.2 Å². The van der Waals surface area contributed by atoms with Crippen LogP contribution in [0.2, 0.25) is 0 Å². The van der Waals surface area contributed by atoms with Gasteiger partial charge in [-0.1, -0.05) is 12.8 Å². The molecule has 6 nitrogen and oxygen atoms in total. The number of carbonyl (C=O) groups excluding carboxylic acids is 1. The molecule has 2 aromatic rings. The van der Waals surface area contributed by atoms with Crippen LogP contribution in [0.15, 0.2) is 18.3 Å². The summed E-state index contributed by atoms with van der Waals surface area (Å²) in [6.07, 6.45) is 6.77. The maximum absolute atomic E-state index is 12.1. The Morgan fingerprint density at radius 3 is 2.77 bits per heavy atom. The fourth-order valence-electron chi connectivity index (χ4n) is 3.10. The molecule has 0 saturated heterocycles. The number of nitrogens with one attached hydrogen (secondary N) is 1. The van der Waals surface area contributed by atoms with Crippen molar-refractivity contribution in [3.05, 3.63) is 35.4 Å². The lowest BCUT2D eigenvalue weighted by molar-refractivity contribution is 0.0945. The van der Waals surface area contributed by atoms with Crippen molar-refractivity contribution in [3.8, 4) is 0 Å². The van der Waals surface area contributed by atoms with Crippen molar-refractivity contribution < 1.29 is 4.79 Å². The van der Waals surface area contributed by atoms with Crippen molar-refractivity contribution in [1.82, 2.24) is 24.9 Å². The van der Waals surface area contributed by atoms with Crippen LogP contribution in [-0.2, 0) is 6.54 Å². The average molecular weight is 301 g/mol. The highest BCUT2D eigenvalue weighted by Crippen LogP contribution is 2.28. The second-order valence-electron chi connectivity index (χ2n) is 6.03. The van der Waals surface area contributed by atoms with E-state index in [9.17, 15) is 4.79 Å². The molecule has 1 N–H and O–H groups in total. The minimum Gasteiger partial charge on any atom is -0.349 e. The fraction of sp³-hybridized carbons (Fsp3) is 0.562. The number of hydrogen-bond donors (Lipinski definition) is 1. The van der Waals surface area contributed by atoms with Gasteiger partial charge < -0.3 is 5.32 Å². The van der Waals surface area contributed by atoms with E-state index >= 15 is 0 Å². The molecule has 0 spiro atoms. The molecule has 1 aliphatic carbocycles. The van der Waals surface area contributed by atoms with Crippen LogP contribution < -0.4 is 5.32 Å². The third-order valence-corrected chi connectivity index (χ3v) is 4.25. The maximum atomic E-state index is 12.1. The van der Waals surface area contributed by atoms with E-state index in [1.165, 1.54) is 25.7 Å². The number of carbonyl (C=O) groups is 1. The second-order valence-corrected chi connectivity index (χ2v) is 6.03. The molecule has 0 radical (unpaired) electrons. The minimum absolute atomic E-state index is 0.113. The van der Waals surface area contributed by atoms with Gasteiger partial charge in [0.15, 0.2) is 0 Å². The van der Waals surface area contributed by atoms with Gasteiger partial charge in [0.1, 0.15) is 5.69 Å². The Morgan fingerprint density at radius 1 is 1.32 bits per heavy atom. The molecule has 0 atom stereocenters. The van der Waals surface area contributed by atoms with Crippen molar-refractivity contribution in [2.45, 2.75) is 52.1 Å². The quantitative estimate of drug-likeness (QED) is 0.921. The van der Waals surface area contributed by atoms with E-state index in [2.05, 4.69) is 15.5 Å². The average Bonchev–Trinajstić information content (AvgIpc) is 3.19. The molecule has 1 amide bonds. The number of rotatable bonds is 5. The standard InChI is InChI=1S/C16H23N5O/c1-12-11-13(2)20(18-12)10-8-17-16(22)15-7-9-21(19-15)14-5-3-4-6-14/h7,9,11,14H,3-6,8,10H2,1-2H3,(H,17,22). The molecule has 6 heteroatoms. The molecular formula is C16H23N5O. The number of amides is 1. The van der Waals surface area contributed by atoms with Crippen molar-refractivity contribution in [2.75, 3.05) is 6.54 Å². The fourth-order valence-corrected chi connectivity index (χ4v) is 3.10. The van der Waals surface area contributed by atoms with Crippen LogP contribution in [0.1, 0.15) is 53.6 Å². The van der Waals surface area contributed by atoms with Gasteiger partial charge in [-0.2, -0.15) is 10.2 Å². The Balaban J connectivity index is 1.52. The zero-order chi connectivity index (χ0) is 15.5. The molecule has 2 heterocycles. The predicted molar refractivity (Wildman–Crippen MR) is 83.8 cm³/mol. The van der Waals surface area contributed by atoms with Gasteiger partial charge in [0, 0.05) is 18.4 Å². The zero-order valence-corrected chi connectivity index (χ0v) is 13.2. The summed E-state index contributed by atoms with van der Waals surface area (Å²) in [4.78, 5) is 12.1. The Bertz CT molecular complexity index is 651. The SMILES string of the molecule is Cc1cc(C)n(CCNC(=O)c2ccn(C3CCCC3)n2)n1. The monoisotopic (exact) mass is 301 g/mol. The van der Waals surface area contributed by atoms with Crippen molar-refractivity contribution >= 4 is 5.91 Å². The highest BCUT2D eigenvalue weighted by molar-refractivity contribution is 5.92. The summed E-state index contributed by atoms with van der Waals surface area (Å²) in [5.41, 5.74) is 2.61. The summed E-state index contributed by atoms with van der Waals surface area (Å²) in [6.45, 7) is 5.22. The van der Waals surface area contributed by atoms with Crippen LogP contribution in [-0.4, -0.2) is 32.0 Å². The number of aryl methyl sites for hydroxylation is 2. The lowest BCUT2D eigenvalue weighted by atomic mass is 10.3. The molecule has 1 saturated carbocycles. The van der Waals surface area contributed by atoms with Gasteiger partial charge in [0.2, 0.25) is 0 Å². The summed E-state index contributed by atoms with van der Waals surface area (Å²) >= 11 is 0. The van der Waals surface area contributed by atoms with Crippen LogP contribution in [0.25, 0.3) is 0 Å². The largest absolute Gasteiger partial charge is 0.349 e. The lowest BCUT2D eigenvalue weighted by Crippen LogP contribution is -2.28. The number of hydrogen-bond acceptors (Lipinski definition) is 3. The Hall–Kier alpha value is -2.11. The van der Waals surface area contributed by atoms with Crippen molar-refractivity contribution in [3.63, 3.8) is 0 Å². The maximum Gasteiger partial charge on any atom is 0.271 e. The summed E-state index contributed by atoms with van der Waals surface area (Å²) in [7, 11) is 0. The second kappa shape index (κ2) is 6.34. The Labute approximate surface area is 130 Å². The summed E-state index contributed by atoms with van der Waals surface area (Å²) in [5.74, 6) is -0.113. The number of nitrogens with zero attached hydrogens (tertiary/aromatic N) is 4. The van der Waals surface area contributed by atoms with E-state index < -0.39 is 0 Å². The van der Waals surface area contributed by atoms with E-state index in [1.54, 1.807) is 6.07 Å². The molecule has 0 bridgehead atoms. The van der Waals surface area contributed by atoms with E-state index in [0.29, 0.717) is 24.8 Å². The van der Waals surface area contributed by atoms with Crippen LogP contribution in [0, 0.1) is 13.8 Å². The lowest BCUT2D eigenvalue weighted by Gasteiger charge is -2.09. The van der Waals surface area contributed by atoms with E-state index in [1.807, 2.05) is 35.5 Å². The normalized spacial score (nSPS) is 15.4. The molecule has 118 valence electrons. The smallest absolute Gasteiger partial charge is 0.271 e. The first kappa shape index (κ1) is 14.8. The van der Waals surface area contributed by atoms with Crippen LogP contribution in [0.5, 0.6) is 0 Å². The van der Waals surface area contributed by atoms with E-state index in [-0.39, 0.29) is 5.91 Å². The molecule has 1 aliphatic rings. The molecule has 22 heavy (non-hydrogen) atoms. The topological polar surface area (TPSA) is 64.7 Å². The molecule has 0 unspecified atom stereocenters. The minimum atomic E-state index is -0.113. The summed E-state index contributed by atoms with van der Waals surface area (Å²) < 4.78 is 3.86.